The predicted octanol–water partition coefficient (Wildman–Crippen LogP) is 7.69. The van der Waals surface area contributed by atoms with Gasteiger partial charge in [-0.25, -0.2) is 13.2 Å². The van der Waals surface area contributed by atoms with E-state index in [1.165, 1.54) is 51.4 Å². The monoisotopic (exact) mass is 753 g/mol. The van der Waals surface area contributed by atoms with Crippen LogP contribution in [0.1, 0.15) is 95.5 Å². The molecular weight excluding hydrogens is 707 g/mol. The summed E-state index contributed by atoms with van der Waals surface area (Å²) in [4.78, 5) is 25.7. The number of hydrogen-bond donors (Lipinski definition) is 2. The molecule has 280 valence electrons. The summed E-state index contributed by atoms with van der Waals surface area (Å²) in [5.74, 6) is -2.46. The highest BCUT2D eigenvalue weighted by molar-refractivity contribution is 7.92. The largest absolute Gasteiger partial charge is 0.484 e. The second-order valence-electron chi connectivity index (χ2n) is 13.7. The molecule has 51 heavy (non-hydrogen) atoms. The van der Waals surface area contributed by atoms with Crippen molar-refractivity contribution in [2.75, 3.05) is 19.7 Å². The lowest BCUT2D eigenvalue weighted by molar-refractivity contribution is -0.153. The van der Waals surface area contributed by atoms with Gasteiger partial charge in [-0.2, -0.15) is 18.4 Å². The fraction of sp³-hybridized carbons (Fsp3) is 0.595. The number of carboxylic acid groups (broad SMARTS) is 1. The van der Waals surface area contributed by atoms with Gasteiger partial charge >= 0.3 is 12.1 Å². The lowest BCUT2D eigenvalue weighted by atomic mass is 10.1. The lowest BCUT2D eigenvalue weighted by Gasteiger charge is -2.21. The molecule has 2 unspecified atom stereocenters. The van der Waals surface area contributed by atoms with Crippen molar-refractivity contribution in [2.45, 2.75) is 118 Å². The Hall–Kier alpha value is -3.34. The van der Waals surface area contributed by atoms with Crippen LogP contribution in [0.2, 0.25) is 5.02 Å². The predicted molar refractivity (Wildman–Crippen MR) is 187 cm³/mol. The van der Waals surface area contributed by atoms with E-state index >= 15 is 0 Å². The van der Waals surface area contributed by atoms with E-state index in [2.05, 4.69) is 23.0 Å². The molecule has 0 radical (unpaired) electrons. The molecular formula is C37H47ClF3N3O6S. The van der Waals surface area contributed by atoms with Crippen LogP contribution >= 0.6 is 11.6 Å². The van der Waals surface area contributed by atoms with Crippen LogP contribution in [0.5, 0.6) is 5.75 Å². The second kappa shape index (κ2) is 17.9. The van der Waals surface area contributed by atoms with Crippen molar-refractivity contribution in [1.29, 1.82) is 5.26 Å². The van der Waals surface area contributed by atoms with Gasteiger partial charge in [0.25, 0.3) is 0 Å². The minimum atomic E-state index is -4.58. The second-order valence-corrected chi connectivity index (χ2v) is 16.3. The van der Waals surface area contributed by atoms with Crippen LogP contribution in [0.15, 0.2) is 53.4 Å². The molecule has 2 aromatic rings. The molecule has 1 heterocycles. The third-order valence-electron chi connectivity index (χ3n) is 9.68. The number of rotatable bonds is 17. The van der Waals surface area contributed by atoms with Gasteiger partial charge < -0.3 is 14.7 Å². The van der Waals surface area contributed by atoms with Gasteiger partial charge in [0, 0.05) is 18.5 Å². The van der Waals surface area contributed by atoms with E-state index in [4.69, 9.17) is 16.9 Å². The summed E-state index contributed by atoms with van der Waals surface area (Å²) in [5.41, 5.74) is 0.849. The number of nitriles is 1. The van der Waals surface area contributed by atoms with Gasteiger partial charge in [-0.1, -0.05) is 93.8 Å². The fourth-order valence-electron chi connectivity index (χ4n) is 6.44. The molecule has 4 atom stereocenters. The van der Waals surface area contributed by atoms with Crippen molar-refractivity contribution < 1.29 is 41.0 Å². The molecule has 2 saturated carbocycles. The first-order valence-corrected chi connectivity index (χ1v) is 19.6. The van der Waals surface area contributed by atoms with Crippen LogP contribution in [-0.2, 0) is 19.4 Å². The van der Waals surface area contributed by atoms with Crippen molar-refractivity contribution in [3.63, 3.8) is 0 Å². The number of nitrogens with zero attached hydrogens (tertiary/aromatic N) is 2. The number of carboxylic acids is 1. The Bertz CT molecular complexity index is 1630. The Morgan fingerprint density at radius 3 is 2.25 bits per heavy atom. The zero-order valence-electron chi connectivity index (χ0n) is 28.8. The summed E-state index contributed by atoms with van der Waals surface area (Å²) in [5, 5.41) is 20.3. The number of alkyl halides is 3. The molecule has 0 aromatic heterocycles. The molecule has 9 nitrogen and oxygen atoms in total. The summed E-state index contributed by atoms with van der Waals surface area (Å²) in [6.45, 7) is 1.40. The molecule has 0 spiro atoms. The number of amides is 1. The summed E-state index contributed by atoms with van der Waals surface area (Å²) in [7, 11) is -4.20. The molecule has 2 aliphatic carbocycles. The normalized spacial score (nSPS) is 22.0. The van der Waals surface area contributed by atoms with Crippen molar-refractivity contribution in [2.24, 2.45) is 5.92 Å². The maximum absolute atomic E-state index is 13.3. The minimum absolute atomic E-state index is 0.0486. The highest BCUT2D eigenvalue weighted by Crippen LogP contribution is 2.49. The summed E-state index contributed by atoms with van der Waals surface area (Å²) in [6, 6.07) is 13.4. The third kappa shape index (κ3) is 11.6. The Labute approximate surface area is 303 Å². The van der Waals surface area contributed by atoms with Gasteiger partial charge in [0.15, 0.2) is 16.4 Å². The van der Waals surface area contributed by atoms with Gasteiger partial charge in [0.05, 0.1) is 21.2 Å². The van der Waals surface area contributed by atoms with Gasteiger partial charge in [-0.15, -0.1) is 0 Å². The van der Waals surface area contributed by atoms with E-state index in [1.54, 1.807) is 0 Å². The highest BCUT2D eigenvalue weighted by atomic mass is 35.5. The van der Waals surface area contributed by atoms with Crippen LogP contribution in [0.25, 0.3) is 0 Å². The summed E-state index contributed by atoms with van der Waals surface area (Å²) in [6.07, 6.45) is 8.61. The molecule has 3 aliphatic rings. The number of nitrogens with one attached hydrogen (secondary N) is 1. The molecule has 3 fully saturated rings. The Morgan fingerprint density at radius 1 is 1.04 bits per heavy atom. The maximum atomic E-state index is 13.3. The van der Waals surface area contributed by atoms with Gasteiger partial charge in [-0.3, -0.25) is 10.1 Å². The number of unbranched alkanes of at least 4 members (excludes halogenated alkanes) is 7. The van der Waals surface area contributed by atoms with Crippen LogP contribution in [0.3, 0.4) is 0 Å². The van der Waals surface area contributed by atoms with Crippen molar-refractivity contribution in [3.8, 4) is 11.8 Å². The Balaban J connectivity index is 0.000000306. The number of benzene rings is 2. The van der Waals surface area contributed by atoms with E-state index in [0.29, 0.717) is 6.42 Å². The van der Waals surface area contributed by atoms with Gasteiger partial charge in [-0.05, 0) is 62.3 Å². The third-order valence-corrected chi connectivity index (χ3v) is 12.3. The summed E-state index contributed by atoms with van der Waals surface area (Å²) < 4.78 is 68.2. The maximum Gasteiger partial charge on any atom is 0.422 e. The number of halogens is 4. The van der Waals surface area contributed by atoms with E-state index < -0.39 is 51.7 Å². The zero-order chi connectivity index (χ0) is 37.2. The Morgan fingerprint density at radius 2 is 1.69 bits per heavy atom. The van der Waals surface area contributed by atoms with Crippen LogP contribution < -0.4 is 10.1 Å². The molecule has 2 N–H and O–H groups in total. The number of sulfone groups is 1. The lowest BCUT2D eigenvalue weighted by Crippen LogP contribution is -2.41. The molecule has 5 rings (SSSR count). The highest BCUT2D eigenvalue weighted by Gasteiger charge is 2.52. The topological polar surface area (TPSA) is 137 Å². The van der Waals surface area contributed by atoms with Crippen molar-refractivity contribution in [1.82, 2.24) is 10.2 Å². The van der Waals surface area contributed by atoms with Crippen molar-refractivity contribution in [3.05, 3.63) is 59.1 Å². The fourth-order valence-corrected chi connectivity index (χ4v) is 8.67. The van der Waals surface area contributed by atoms with Crippen LogP contribution in [0, 0.1) is 17.2 Å². The first-order chi connectivity index (χ1) is 24.2. The van der Waals surface area contributed by atoms with E-state index in [0.717, 1.165) is 48.0 Å². The van der Waals surface area contributed by atoms with Gasteiger partial charge in [0.1, 0.15) is 17.3 Å². The Kier molecular flexibility index (Phi) is 14.2. The average molecular weight is 754 g/mol. The quantitative estimate of drug-likeness (QED) is 0.157. The minimum Gasteiger partial charge on any atom is -0.484 e. The van der Waals surface area contributed by atoms with Crippen LogP contribution in [-0.4, -0.2) is 73.0 Å². The number of carbonyl (C=O) groups is 2. The number of ether oxygens (including phenoxy) is 1. The molecule has 0 bridgehead atoms. The molecule has 1 saturated heterocycles. The SMILES string of the molecule is CCCCCCCCCCNC1(C#N)CC1.O=C(O)[C@@H]1C[C@@H](S(=O)(=O)c2ccc(OCC(F)(F)F)cc2Cl)CN1C(=O)C1CC1c1ccccc1. The summed E-state index contributed by atoms with van der Waals surface area (Å²) >= 11 is 6.05. The van der Waals surface area contributed by atoms with E-state index in [9.17, 15) is 36.3 Å². The van der Waals surface area contributed by atoms with E-state index in [1.807, 2.05) is 30.3 Å². The molecule has 1 amide bonds. The van der Waals surface area contributed by atoms with Crippen molar-refractivity contribution >= 4 is 33.3 Å². The first-order valence-electron chi connectivity index (χ1n) is 17.7. The number of hydrogen-bond acceptors (Lipinski definition) is 7. The first kappa shape index (κ1) is 40.4. The number of aliphatic carboxylic acids is 1. The standard InChI is InChI=1S/C23H21ClF3NO6S.C14H26N2/c24-18-8-14(34-12-23(25,26)27)6-7-20(18)35(32,33)15-9-19(22(30)31)28(11-15)21(29)17-10-16(17)13-4-2-1-3-5-13;1-2-3-4-5-6-7-8-9-12-16-14(13-15)10-11-14/h1-8,15-17,19H,9-12H2,(H,30,31);16H,2-12H2,1H3/t15-,16?,17?,19+;/m1./s1. The molecule has 14 heteroatoms. The van der Waals surface area contributed by atoms with Crippen LogP contribution in [0.4, 0.5) is 13.2 Å². The van der Waals surface area contributed by atoms with Gasteiger partial charge in [0.2, 0.25) is 5.91 Å². The number of carbonyl (C=O) groups excluding carboxylic acids is 1. The smallest absolute Gasteiger partial charge is 0.422 e. The molecule has 2 aromatic carbocycles. The zero-order valence-corrected chi connectivity index (χ0v) is 30.4. The molecule has 1 aliphatic heterocycles. The number of likely N-dealkylation sites (tertiary alicyclic amines) is 1. The average Bonchev–Trinajstić information content (AvgIpc) is 4.02. The van der Waals surface area contributed by atoms with E-state index in [-0.39, 0.29) is 40.1 Å².